The predicted octanol–water partition coefficient (Wildman–Crippen LogP) is 2.74. The molecule has 0 aliphatic heterocycles. The lowest BCUT2D eigenvalue weighted by Gasteiger charge is -2.03. The largest absolute Gasteiger partial charge is 0.398 e. The molecule has 0 aliphatic rings. The monoisotopic (exact) mass is 297 g/mol. The van der Waals surface area contributed by atoms with E-state index in [2.05, 4.69) is 26.2 Å². The Hall–Kier alpha value is -1.40. The van der Waals surface area contributed by atoms with E-state index in [0.29, 0.717) is 16.4 Å². The van der Waals surface area contributed by atoms with Crippen molar-refractivity contribution in [3.8, 4) is 0 Å². The molecule has 0 unspecified atom stereocenters. The zero-order valence-electron chi connectivity index (χ0n) is 8.11. The molecule has 2 rings (SSSR count). The van der Waals surface area contributed by atoms with Gasteiger partial charge in [-0.2, -0.15) is 0 Å². The molecule has 1 aromatic carbocycles. The van der Waals surface area contributed by atoms with Crippen molar-refractivity contribution in [3.63, 3.8) is 0 Å². The number of carbonyl (C=O) groups is 1. The number of nitrogens with one attached hydrogen (secondary N) is 1. The smallest absolute Gasteiger partial charge is 0.259 e. The minimum Gasteiger partial charge on any atom is -0.398 e. The fourth-order valence-electron chi connectivity index (χ4n) is 1.18. The van der Waals surface area contributed by atoms with Crippen molar-refractivity contribution in [1.82, 2.24) is 4.98 Å². The van der Waals surface area contributed by atoms with Gasteiger partial charge in [-0.25, -0.2) is 4.98 Å². The van der Waals surface area contributed by atoms with Crippen LogP contribution in [0.25, 0.3) is 0 Å². The van der Waals surface area contributed by atoms with Crippen LogP contribution in [0.15, 0.2) is 34.2 Å². The van der Waals surface area contributed by atoms with Crippen molar-refractivity contribution in [2.24, 2.45) is 0 Å². The van der Waals surface area contributed by atoms with Crippen molar-refractivity contribution in [2.75, 3.05) is 11.1 Å². The van der Waals surface area contributed by atoms with Gasteiger partial charge in [-0.15, -0.1) is 0 Å². The Bertz CT molecular complexity index is 526. The minimum absolute atomic E-state index is 0.250. The second-order valence-corrected chi connectivity index (χ2v) is 5.42. The van der Waals surface area contributed by atoms with E-state index in [9.17, 15) is 4.79 Å². The van der Waals surface area contributed by atoms with Crippen molar-refractivity contribution >= 4 is 44.0 Å². The van der Waals surface area contributed by atoms with E-state index in [1.54, 1.807) is 30.5 Å². The van der Waals surface area contributed by atoms with E-state index in [-0.39, 0.29) is 5.91 Å². The van der Waals surface area contributed by atoms with Crippen LogP contribution in [0.3, 0.4) is 0 Å². The fraction of sp³-hybridized carbons (Fsp3) is 0. The summed E-state index contributed by atoms with van der Waals surface area (Å²) in [7, 11) is 0. The number of aromatic nitrogens is 1. The van der Waals surface area contributed by atoms with Gasteiger partial charge in [0.25, 0.3) is 5.91 Å². The molecule has 0 bridgehead atoms. The van der Waals surface area contributed by atoms with Crippen molar-refractivity contribution in [2.45, 2.75) is 0 Å². The van der Waals surface area contributed by atoms with Crippen molar-refractivity contribution in [3.05, 3.63) is 39.8 Å². The van der Waals surface area contributed by atoms with Crippen molar-refractivity contribution in [1.29, 1.82) is 0 Å². The number of amides is 1. The molecule has 4 nitrogen and oxygen atoms in total. The average molecular weight is 298 g/mol. The van der Waals surface area contributed by atoms with Gasteiger partial charge in [-0.1, -0.05) is 23.5 Å². The first-order valence-corrected chi connectivity index (χ1v) is 6.05. The van der Waals surface area contributed by atoms with Gasteiger partial charge in [-0.05, 0) is 28.1 Å². The summed E-state index contributed by atoms with van der Waals surface area (Å²) >= 11 is 4.62. The maximum absolute atomic E-state index is 11.8. The van der Waals surface area contributed by atoms with E-state index >= 15 is 0 Å². The molecule has 0 fully saturated rings. The molecular weight excluding hydrogens is 290 g/mol. The lowest BCUT2D eigenvalue weighted by molar-refractivity contribution is 0.102. The summed E-state index contributed by atoms with van der Waals surface area (Å²) in [5.74, 6) is -0.250. The van der Waals surface area contributed by atoms with E-state index in [1.807, 2.05) is 0 Å². The number of para-hydroxylation sites is 1. The predicted molar refractivity (Wildman–Crippen MR) is 68.6 cm³/mol. The fourth-order valence-corrected chi connectivity index (χ4v) is 2.28. The van der Waals surface area contributed by atoms with Gasteiger partial charge in [0, 0.05) is 5.69 Å². The molecule has 0 atom stereocenters. The Kier molecular flexibility index (Phi) is 3.21. The number of rotatable bonds is 2. The van der Waals surface area contributed by atoms with E-state index in [1.165, 1.54) is 11.3 Å². The molecule has 0 spiro atoms. The van der Waals surface area contributed by atoms with Crippen LogP contribution >= 0.6 is 27.3 Å². The summed E-state index contributed by atoms with van der Waals surface area (Å²) in [5, 5.41) is 3.22. The summed E-state index contributed by atoms with van der Waals surface area (Å²) < 4.78 is 0.865. The van der Waals surface area contributed by atoms with Crippen LogP contribution in [0.1, 0.15) is 10.4 Å². The number of carbonyl (C=O) groups excluding carboxylic acids is 1. The average Bonchev–Trinajstić information content (AvgIpc) is 2.64. The number of nitrogen functional groups attached to an aromatic ring is 1. The second-order valence-electron chi connectivity index (χ2n) is 3.01. The van der Waals surface area contributed by atoms with Gasteiger partial charge in [0.15, 0.2) is 5.13 Å². The highest BCUT2D eigenvalue weighted by Gasteiger charge is 2.10. The molecular formula is C10H8BrN3OS. The number of hydrogen-bond acceptors (Lipinski definition) is 4. The van der Waals surface area contributed by atoms with Gasteiger partial charge in [0.2, 0.25) is 0 Å². The molecule has 0 saturated carbocycles. The van der Waals surface area contributed by atoms with Gasteiger partial charge in [0.1, 0.15) is 0 Å². The van der Waals surface area contributed by atoms with Crippen LogP contribution in [0.4, 0.5) is 10.8 Å². The summed E-state index contributed by atoms with van der Waals surface area (Å²) in [5.41, 5.74) is 6.60. The zero-order valence-corrected chi connectivity index (χ0v) is 10.5. The molecule has 6 heteroatoms. The Labute approximate surface area is 105 Å². The van der Waals surface area contributed by atoms with Crippen LogP contribution in [0.2, 0.25) is 0 Å². The van der Waals surface area contributed by atoms with Gasteiger partial charge >= 0.3 is 0 Å². The molecule has 3 N–H and O–H groups in total. The molecule has 16 heavy (non-hydrogen) atoms. The first kappa shape index (κ1) is 11.1. The standard InChI is InChI=1S/C10H8BrN3OS/c11-8-5-13-10(16-8)14-9(15)6-3-1-2-4-7(6)12/h1-5H,12H2,(H,13,14,15). The number of thiazole rings is 1. The first-order chi connectivity index (χ1) is 7.66. The Morgan fingerprint density at radius 2 is 2.19 bits per heavy atom. The van der Waals surface area contributed by atoms with Crippen LogP contribution < -0.4 is 11.1 Å². The SMILES string of the molecule is Nc1ccccc1C(=O)Nc1ncc(Br)s1. The summed E-state index contributed by atoms with van der Waals surface area (Å²) in [6, 6.07) is 6.91. The molecule has 0 saturated heterocycles. The molecule has 1 amide bonds. The quantitative estimate of drug-likeness (QED) is 0.838. The molecule has 1 aromatic heterocycles. The van der Waals surface area contributed by atoms with Crippen LogP contribution in [0, 0.1) is 0 Å². The van der Waals surface area contributed by atoms with E-state index in [4.69, 9.17) is 5.73 Å². The highest BCUT2D eigenvalue weighted by Crippen LogP contribution is 2.24. The highest BCUT2D eigenvalue weighted by atomic mass is 79.9. The normalized spacial score (nSPS) is 10.1. The van der Waals surface area contributed by atoms with Gasteiger partial charge in [-0.3, -0.25) is 10.1 Å². The number of anilines is 2. The minimum atomic E-state index is -0.250. The van der Waals surface area contributed by atoms with Crippen LogP contribution in [-0.4, -0.2) is 10.9 Å². The third-order valence-electron chi connectivity index (χ3n) is 1.90. The van der Waals surface area contributed by atoms with Crippen LogP contribution in [-0.2, 0) is 0 Å². The molecule has 0 aliphatic carbocycles. The number of benzene rings is 1. The topological polar surface area (TPSA) is 68.0 Å². The highest BCUT2D eigenvalue weighted by molar-refractivity contribution is 9.11. The third-order valence-corrected chi connectivity index (χ3v) is 3.29. The number of nitrogens with two attached hydrogens (primary N) is 1. The number of hydrogen-bond donors (Lipinski definition) is 2. The van der Waals surface area contributed by atoms with E-state index < -0.39 is 0 Å². The maximum atomic E-state index is 11.8. The first-order valence-electron chi connectivity index (χ1n) is 4.44. The lowest BCUT2D eigenvalue weighted by Crippen LogP contribution is -2.13. The zero-order chi connectivity index (χ0) is 11.5. The van der Waals surface area contributed by atoms with Gasteiger partial charge < -0.3 is 5.73 Å². The number of halogens is 1. The molecule has 2 aromatic rings. The van der Waals surface area contributed by atoms with Crippen LogP contribution in [0.5, 0.6) is 0 Å². The summed E-state index contributed by atoms with van der Waals surface area (Å²) in [6.07, 6.45) is 1.63. The molecule has 82 valence electrons. The maximum Gasteiger partial charge on any atom is 0.259 e. The Morgan fingerprint density at radius 1 is 1.44 bits per heavy atom. The Balaban J connectivity index is 2.18. The second kappa shape index (κ2) is 4.63. The molecule has 0 radical (unpaired) electrons. The summed E-state index contributed by atoms with van der Waals surface area (Å²) in [6.45, 7) is 0. The Morgan fingerprint density at radius 3 is 2.81 bits per heavy atom. The van der Waals surface area contributed by atoms with Crippen molar-refractivity contribution < 1.29 is 4.79 Å². The van der Waals surface area contributed by atoms with E-state index in [0.717, 1.165) is 3.79 Å². The number of nitrogens with zero attached hydrogens (tertiary/aromatic N) is 1. The third kappa shape index (κ3) is 2.40. The summed E-state index contributed by atoms with van der Waals surface area (Å²) in [4.78, 5) is 15.8. The van der Waals surface area contributed by atoms with Gasteiger partial charge in [0.05, 0.1) is 15.5 Å². The molecule has 1 heterocycles. The lowest BCUT2D eigenvalue weighted by atomic mass is 10.2.